The highest BCUT2D eigenvalue weighted by molar-refractivity contribution is 7.91. The average Bonchev–Trinajstić information content (AvgIpc) is 2.60. The molecule has 1 aliphatic heterocycles. The molecule has 110 valence electrons. The predicted octanol–water partition coefficient (Wildman–Crippen LogP) is 1.89. The molecule has 1 aromatic rings. The Labute approximate surface area is 120 Å². The zero-order valence-corrected chi connectivity index (χ0v) is 12.4. The van der Waals surface area contributed by atoms with E-state index < -0.39 is 9.84 Å². The molecule has 0 radical (unpaired) electrons. The molecule has 1 aromatic carbocycles. The molecule has 20 heavy (non-hydrogen) atoms. The van der Waals surface area contributed by atoms with E-state index in [-0.39, 0.29) is 11.8 Å². The summed E-state index contributed by atoms with van der Waals surface area (Å²) in [4.78, 5) is 2.29. The van der Waals surface area contributed by atoms with Crippen LogP contribution in [0.3, 0.4) is 0 Å². The number of phenols is 1. The van der Waals surface area contributed by atoms with Gasteiger partial charge in [0.2, 0.25) is 0 Å². The van der Waals surface area contributed by atoms with Crippen LogP contribution >= 0.6 is 0 Å². The van der Waals surface area contributed by atoms with Crippen LogP contribution in [-0.4, -0.2) is 43.0 Å². The first-order valence-electron chi connectivity index (χ1n) is 7.32. The Hall–Kier alpha value is -1.07. The van der Waals surface area contributed by atoms with E-state index in [9.17, 15) is 13.5 Å². The maximum Gasteiger partial charge on any atom is 0.151 e. The van der Waals surface area contributed by atoms with Gasteiger partial charge >= 0.3 is 0 Å². The van der Waals surface area contributed by atoms with Crippen molar-refractivity contribution in [1.82, 2.24) is 4.90 Å². The lowest BCUT2D eigenvalue weighted by Gasteiger charge is -2.35. The van der Waals surface area contributed by atoms with Gasteiger partial charge in [0.25, 0.3) is 0 Å². The van der Waals surface area contributed by atoms with Gasteiger partial charge in [0, 0.05) is 12.6 Å². The lowest BCUT2D eigenvalue weighted by atomic mass is 9.86. The summed E-state index contributed by atoms with van der Waals surface area (Å²) in [5.74, 6) is 0.954. The molecule has 0 aromatic heterocycles. The van der Waals surface area contributed by atoms with Crippen molar-refractivity contribution in [1.29, 1.82) is 0 Å². The Kier molecular flexibility index (Phi) is 3.73. The SMILES string of the molecule is O=S1(=O)CCCN(C2CCCc3c(O)cccc32)CC1. The normalized spacial score (nSPS) is 26.7. The van der Waals surface area contributed by atoms with Crippen molar-refractivity contribution in [3.8, 4) is 5.75 Å². The van der Waals surface area contributed by atoms with E-state index in [4.69, 9.17) is 0 Å². The molecule has 1 unspecified atom stereocenters. The van der Waals surface area contributed by atoms with Gasteiger partial charge in [0.05, 0.1) is 11.5 Å². The van der Waals surface area contributed by atoms with Gasteiger partial charge in [-0.2, -0.15) is 0 Å². The molecule has 4 nitrogen and oxygen atoms in total. The summed E-state index contributed by atoms with van der Waals surface area (Å²) < 4.78 is 23.5. The number of hydrogen-bond acceptors (Lipinski definition) is 4. The molecule has 1 aliphatic carbocycles. The van der Waals surface area contributed by atoms with E-state index in [0.29, 0.717) is 24.5 Å². The Balaban J connectivity index is 1.87. The van der Waals surface area contributed by atoms with E-state index in [1.54, 1.807) is 6.07 Å². The first kappa shape index (κ1) is 13.9. The van der Waals surface area contributed by atoms with Gasteiger partial charge in [-0.1, -0.05) is 12.1 Å². The summed E-state index contributed by atoms with van der Waals surface area (Å²) in [6, 6.07) is 5.98. The molecule has 1 fully saturated rings. The second-order valence-electron chi connectivity index (χ2n) is 5.79. The van der Waals surface area contributed by atoms with Crippen LogP contribution in [0.2, 0.25) is 0 Å². The number of rotatable bonds is 1. The molecule has 5 heteroatoms. The van der Waals surface area contributed by atoms with Crippen LogP contribution in [0.1, 0.15) is 36.4 Å². The van der Waals surface area contributed by atoms with Gasteiger partial charge in [-0.05, 0) is 49.4 Å². The van der Waals surface area contributed by atoms with Crippen molar-refractivity contribution in [2.45, 2.75) is 31.7 Å². The maximum absolute atomic E-state index is 11.7. The number of nitrogens with zero attached hydrogens (tertiary/aromatic N) is 1. The maximum atomic E-state index is 11.7. The molecular formula is C15H21NO3S. The number of aromatic hydroxyl groups is 1. The zero-order valence-electron chi connectivity index (χ0n) is 11.6. The van der Waals surface area contributed by atoms with Crippen LogP contribution < -0.4 is 0 Å². The molecule has 1 heterocycles. The van der Waals surface area contributed by atoms with Gasteiger partial charge in [0.1, 0.15) is 5.75 Å². The topological polar surface area (TPSA) is 57.6 Å². The van der Waals surface area contributed by atoms with Gasteiger partial charge < -0.3 is 5.11 Å². The largest absolute Gasteiger partial charge is 0.508 e. The van der Waals surface area contributed by atoms with E-state index >= 15 is 0 Å². The highest BCUT2D eigenvalue weighted by Crippen LogP contribution is 2.38. The Morgan fingerprint density at radius 1 is 1.15 bits per heavy atom. The van der Waals surface area contributed by atoms with Gasteiger partial charge in [-0.15, -0.1) is 0 Å². The molecule has 3 rings (SSSR count). The molecule has 2 aliphatic rings. The smallest absolute Gasteiger partial charge is 0.151 e. The average molecular weight is 295 g/mol. The third-order valence-electron chi connectivity index (χ3n) is 4.48. The minimum absolute atomic E-state index is 0.262. The van der Waals surface area contributed by atoms with Crippen LogP contribution in [0, 0.1) is 0 Å². The lowest BCUT2D eigenvalue weighted by Crippen LogP contribution is -2.33. The van der Waals surface area contributed by atoms with Crippen molar-refractivity contribution in [2.24, 2.45) is 0 Å². The fourth-order valence-electron chi connectivity index (χ4n) is 3.45. The molecule has 1 atom stereocenters. The molecule has 1 saturated heterocycles. The Bertz CT molecular complexity index is 597. The third-order valence-corrected chi connectivity index (χ3v) is 6.20. The molecule has 0 amide bonds. The summed E-state index contributed by atoms with van der Waals surface area (Å²) >= 11 is 0. The summed E-state index contributed by atoms with van der Waals surface area (Å²) in [6.45, 7) is 1.45. The second-order valence-corrected chi connectivity index (χ2v) is 8.10. The second kappa shape index (κ2) is 5.37. The van der Waals surface area contributed by atoms with Crippen LogP contribution in [0.4, 0.5) is 0 Å². The van der Waals surface area contributed by atoms with Crippen molar-refractivity contribution in [3.05, 3.63) is 29.3 Å². The predicted molar refractivity (Wildman–Crippen MR) is 78.6 cm³/mol. The van der Waals surface area contributed by atoms with E-state index in [0.717, 1.165) is 31.4 Å². The molecule has 0 spiro atoms. The van der Waals surface area contributed by atoms with Gasteiger partial charge in [-0.25, -0.2) is 8.42 Å². The summed E-state index contributed by atoms with van der Waals surface area (Å²) in [5.41, 5.74) is 2.24. The molecule has 1 N–H and O–H groups in total. The van der Waals surface area contributed by atoms with Crippen LogP contribution in [0.5, 0.6) is 5.75 Å². The minimum atomic E-state index is -2.87. The molecule has 0 bridgehead atoms. The van der Waals surface area contributed by atoms with E-state index in [1.807, 2.05) is 6.07 Å². The summed E-state index contributed by atoms with van der Waals surface area (Å²) in [7, 11) is -2.87. The standard InChI is InChI=1S/C15H21NO3S/c17-15-7-2-4-12-13(15)5-1-6-14(12)16-8-3-10-20(18,19)11-9-16/h2,4,7,14,17H,1,3,5-6,8-11H2. The minimum Gasteiger partial charge on any atom is -0.508 e. The summed E-state index contributed by atoms with van der Waals surface area (Å²) in [6.07, 6.45) is 3.74. The highest BCUT2D eigenvalue weighted by atomic mass is 32.2. The number of benzene rings is 1. The fraction of sp³-hybridized carbons (Fsp3) is 0.600. The van der Waals surface area contributed by atoms with E-state index in [2.05, 4.69) is 11.0 Å². The van der Waals surface area contributed by atoms with Crippen molar-refractivity contribution in [2.75, 3.05) is 24.6 Å². The highest BCUT2D eigenvalue weighted by Gasteiger charge is 2.29. The number of fused-ring (bicyclic) bond motifs is 1. The quantitative estimate of drug-likeness (QED) is 0.859. The van der Waals surface area contributed by atoms with E-state index in [1.165, 1.54) is 5.56 Å². The third kappa shape index (κ3) is 2.69. The van der Waals surface area contributed by atoms with Crippen molar-refractivity contribution in [3.63, 3.8) is 0 Å². The van der Waals surface area contributed by atoms with Crippen LogP contribution in [-0.2, 0) is 16.3 Å². The number of sulfone groups is 1. The summed E-state index contributed by atoms with van der Waals surface area (Å²) in [5, 5.41) is 10.00. The van der Waals surface area contributed by atoms with Gasteiger partial charge in [-0.3, -0.25) is 4.90 Å². The zero-order chi connectivity index (χ0) is 14.2. The van der Waals surface area contributed by atoms with Gasteiger partial charge in [0.15, 0.2) is 9.84 Å². The molecular weight excluding hydrogens is 274 g/mol. The Morgan fingerprint density at radius 3 is 2.85 bits per heavy atom. The number of phenolic OH excluding ortho intramolecular Hbond substituents is 1. The van der Waals surface area contributed by atoms with Crippen LogP contribution in [0.15, 0.2) is 18.2 Å². The molecule has 0 saturated carbocycles. The van der Waals surface area contributed by atoms with Crippen LogP contribution in [0.25, 0.3) is 0 Å². The number of hydrogen-bond donors (Lipinski definition) is 1. The lowest BCUT2D eigenvalue weighted by molar-refractivity contribution is 0.191. The van der Waals surface area contributed by atoms with Crippen molar-refractivity contribution >= 4 is 9.84 Å². The van der Waals surface area contributed by atoms with Crippen molar-refractivity contribution < 1.29 is 13.5 Å². The monoisotopic (exact) mass is 295 g/mol. The fourth-order valence-corrected chi connectivity index (χ4v) is 4.74. The first-order valence-corrected chi connectivity index (χ1v) is 9.14. The Morgan fingerprint density at radius 2 is 2.00 bits per heavy atom. The first-order chi connectivity index (χ1) is 9.57.